The molecule has 2 N–H and O–H groups in total. The molecule has 8 heteroatoms. The van der Waals surface area contributed by atoms with Crippen LogP contribution in [0.25, 0.3) is 5.65 Å². The van der Waals surface area contributed by atoms with E-state index >= 15 is 0 Å². The zero-order chi connectivity index (χ0) is 19.2. The van der Waals surface area contributed by atoms with Crippen LogP contribution in [-0.4, -0.2) is 38.4 Å². The number of fused-ring (bicyclic) bond motifs is 1. The number of rotatable bonds is 7. The third kappa shape index (κ3) is 4.65. The van der Waals surface area contributed by atoms with Crippen LogP contribution < -0.4 is 10.6 Å². The van der Waals surface area contributed by atoms with Gasteiger partial charge in [0.1, 0.15) is 0 Å². The molecule has 7 nitrogen and oxygen atoms in total. The molecule has 3 rings (SSSR count). The van der Waals surface area contributed by atoms with Gasteiger partial charge in [-0.05, 0) is 48.8 Å². The van der Waals surface area contributed by atoms with Gasteiger partial charge in [-0.1, -0.05) is 12.1 Å². The molecule has 0 saturated carbocycles. The summed E-state index contributed by atoms with van der Waals surface area (Å²) in [6.07, 6.45) is 4.64. The van der Waals surface area contributed by atoms with Crippen molar-refractivity contribution in [1.82, 2.24) is 19.9 Å². The van der Waals surface area contributed by atoms with Gasteiger partial charge in [-0.2, -0.15) is 11.8 Å². The van der Waals surface area contributed by atoms with E-state index in [1.165, 1.54) is 6.92 Å². The van der Waals surface area contributed by atoms with Gasteiger partial charge in [0.2, 0.25) is 5.91 Å². The first-order valence-corrected chi connectivity index (χ1v) is 9.95. The molecule has 140 valence electrons. The van der Waals surface area contributed by atoms with E-state index in [0.29, 0.717) is 17.1 Å². The summed E-state index contributed by atoms with van der Waals surface area (Å²) in [4.78, 5) is 24.0. The number of anilines is 1. The Bertz CT molecular complexity index is 956. The quantitative estimate of drug-likeness (QED) is 0.655. The summed E-state index contributed by atoms with van der Waals surface area (Å²) in [5.74, 6) is 1.17. The highest BCUT2D eigenvalue weighted by atomic mass is 32.2. The lowest BCUT2D eigenvalue weighted by Crippen LogP contribution is -2.30. The Morgan fingerprint density at radius 1 is 1.19 bits per heavy atom. The van der Waals surface area contributed by atoms with Crippen LogP contribution in [0.15, 0.2) is 48.7 Å². The Hall–Kier alpha value is -2.87. The molecule has 0 aliphatic heterocycles. The van der Waals surface area contributed by atoms with Crippen LogP contribution in [0.2, 0.25) is 0 Å². The maximum Gasteiger partial charge on any atom is 0.251 e. The number of nitrogens with one attached hydrogen (secondary N) is 2. The minimum absolute atomic E-state index is 0.180. The molecule has 1 aromatic carbocycles. The molecule has 0 aliphatic rings. The van der Waals surface area contributed by atoms with Crippen LogP contribution in [-0.2, 0) is 4.79 Å². The molecule has 2 aromatic heterocycles. The highest BCUT2D eigenvalue weighted by Gasteiger charge is 2.21. The fraction of sp³-hybridized carbons (Fsp3) is 0.263. The molecular formula is C19H21N5O2S. The number of pyridine rings is 1. The highest BCUT2D eigenvalue weighted by Crippen LogP contribution is 2.19. The standard InChI is InChI=1S/C19H21N5O2S/c1-13(25)20-15-7-5-6-14(12-15)19(26)21-16(9-11-27-2)18-23-22-17-8-3-4-10-24(17)18/h3-8,10,12,16H,9,11H2,1-2H3,(H,20,25)(H,21,26). The number of aromatic nitrogens is 3. The minimum Gasteiger partial charge on any atom is -0.342 e. The lowest BCUT2D eigenvalue weighted by molar-refractivity contribution is -0.114. The van der Waals surface area contributed by atoms with E-state index in [2.05, 4.69) is 20.8 Å². The molecule has 0 aliphatic carbocycles. The molecule has 1 unspecified atom stereocenters. The number of hydrogen-bond donors (Lipinski definition) is 2. The van der Waals surface area contributed by atoms with Crippen molar-refractivity contribution in [2.75, 3.05) is 17.3 Å². The Morgan fingerprint density at radius 3 is 2.81 bits per heavy atom. The van der Waals surface area contributed by atoms with E-state index < -0.39 is 0 Å². The number of carbonyl (C=O) groups is 2. The van der Waals surface area contributed by atoms with E-state index in [0.717, 1.165) is 17.8 Å². The maximum absolute atomic E-state index is 12.8. The van der Waals surface area contributed by atoms with Crippen molar-refractivity contribution in [3.8, 4) is 0 Å². The van der Waals surface area contributed by atoms with Gasteiger partial charge in [0, 0.05) is 24.4 Å². The largest absolute Gasteiger partial charge is 0.342 e. The monoisotopic (exact) mass is 383 g/mol. The van der Waals surface area contributed by atoms with Crippen molar-refractivity contribution in [1.29, 1.82) is 0 Å². The molecule has 3 aromatic rings. The minimum atomic E-state index is -0.272. The van der Waals surface area contributed by atoms with E-state index in [-0.39, 0.29) is 17.9 Å². The zero-order valence-electron chi connectivity index (χ0n) is 15.2. The van der Waals surface area contributed by atoms with E-state index in [9.17, 15) is 9.59 Å². The summed E-state index contributed by atoms with van der Waals surface area (Å²) in [6.45, 7) is 1.43. The Morgan fingerprint density at radius 2 is 2.04 bits per heavy atom. The van der Waals surface area contributed by atoms with Gasteiger partial charge >= 0.3 is 0 Å². The predicted molar refractivity (Wildman–Crippen MR) is 107 cm³/mol. The molecule has 0 bridgehead atoms. The fourth-order valence-corrected chi connectivity index (χ4v) is 3.25. The summed E-state index contributed by atoms with van der Waals surface area (Å²) in [5, 5.41) is 14.2. The molecule has 27 heavy (non-hydrogen) atoms. The second-order valence-corrected chi connectivity index (χ2v) is 7.04. The van der Waals surface area contributed by atoms with Crippen molar-refractivity contribution >= 4 is 34.9 Å². The number of thioether (sulfide) groups is 1. The van der Waals surface area contributed by atoms with E-state index in [1.54, 1.807) is 36.0 Å². The van der Waals surface area contributed by atoms with Crippen LogP contribution in [0.4, 0.5) is 5.69 Å². The van der Waals surface area contributed by atoms with Crippen LogP contribution >= 0.6 is 11.8 Å². The molecule has 0 spiro atoms. The maximum atomic E-state index is 12.8. The van der Waals surface area contributed by atoms with Gasteiger partial charge in [-0.15, -0.1) is 10.2 Å². The molecule has 0 fully saturated rings. The summed E-state index contributed by atoms with van der Waals surface area (Å²) in [7, 11) is 0. The van der Waals surface area contributed by atoms with E-state index in [4.69, 9.17) is 0 Å². The molecule has 1 atom stereocenters. The topological polar surface area (TPSA) is 88.4 Å². The molecular weight excluding hydrogens is 362 g/mol. The SMILES string of the molecule is CSCCC(NC(=O)c1cccc(NC(C)=O)c1)c1nnc2ccccn12. The highest BCUT2D eigenvalue weighted by molar-refractivity contribution is 7.98. The van der Waals surface area contributed by atoms with Crippen molar-refractivity contribution in [2.24, 2.45) is 0 Å². The van der Waals surface area contributed by atoms with Crippen LogP contribution in [0.1, 0.15) is 35.6 Å². The van der Waals surface area contributed by atoms with Crippen molar-refractivity contribution in [3.63, 3.8) is 0 Å². The van der Waals surface area contributed by atoms with Gasteiger partial charge in [0.05, 0.1) is 6.04 Å². The fourth-order valence-electron chi connectivity index (χ4n) is 2.78. The summed E-state index contributed by atoms with van der Waals surface area (Å²) < 4.78 is 1.89. The first-order valence-electron chi connectivity index (χ1n) is 8.55. The number of hydrogen-bond acceptors (Lipinski definition) is 5. The van der Waals surface area contributed by atoms with Crippen molar-refractivity contribution in [2.45, 2.75) is 19.4 Å². The zero-order valence-corrected chi connectivity index (χ0v) is 16.0. The molecule has 0 saturated heterocycles. The lowest BCUT2D eigenvalue weighted by atomic mass is 10.1. The van der Waals surface area contributed by atoms with E-state index in [1.807, 2.05) is 35.1 Å². The van der Waals surface area contributed by atoms with Crippen molar-refractivity contribution in [3.05, 3.63) is 60.0 Å². The summed E-state index contributed by atoms with van der Waals surface area (Å²) in [5.41, 5.74) is 1.80. The van der Waals surface area contributed by atoms with Gasteiger partial charge < -0.3 is 10.6 Å². The third-order valence-electron chi connectivity index (χ3n) is 4.01. The first-order chi connectivity index (χ1) is 13.1. The Kier molecular flexibility index (Phi) is 6.08. The van der Waals surface area contributed by atoms with Gasteiger partial charge in [0.25, 0.3) is 5.91 Å². The van der Waals surface area contributed by atoms with Crippen LogP contribution in [0.5, 0.6) is 0 Å². The molecule has 0 radical (unpaired) electrons. The average molecular weight is 383 g/mol. The summed E-state index contributed by atoms with van der Waals surface area (Å²) >= 11 is 1.71. The average Bonchev–Trinajstić information content (AvgIpc) is 3.08. The Balaban J connectivity index is 1.84. The Labute approximate surface area is 161 Å². The van der Waals surface area contributed by atoms with Crippen LogP contribution in [0.3, 0.4) is 0 Å². The first kappa shape index (κ1) is 18.9. The summed E-state index contributed by atoms with van der Waals surface area (Å²) in [6, 6.07) is 12.3. The number of benzene rings is 1. The number of carbonyl (C=O) groups excluding carboxylic acids is 2. The van der Waals surface area contributed by atoms with Crippen molar-refractivity contribution < 1.29 is 9.59 Å². The third-order valence-corrected chi connectivity index (χ3v) is 4.66. The smallest absolute Gasteiger partial charge is 0.251 e. The van der Waals surface area contributed by atoms with Gasteiger partial charge in [-0.25, -0.2) is 0 Å². The lowest BCUT2D eigenvalue weighted by Gasteiger charge is -2.17. The second kappa shape index (κ2) is 8.68. The second-order valence-electron chi connectivity index (χ2n) is 6.06. The molecule has 2 amide bonds. The van der Waals surface area contributed by atoms with Gasteiger partial charge in [0.15, 0.2) is 11.5 Å². The normalized spacial score (nSPS) is 11.9. The number of nitrogens with zero attached hydrogens (tertiary/aromatic N) is 3. The number of amides is 2. The molecule has 2 heterocycles. The van der Waals surface area contributed by atoms with Crippen LogP contribution in [0, 0.1) is 0 Å². The predicted octanol–water partition coefficient (Wildman–Crippen LogP) is 2.91. The van der Waals surface area contributed by atoms with Gasteiger partial charge in [-0.3, -0.25) is 14.0 Å².